The molecule has 0 spiro atoms. The first-order chi connectivity index (χ1) is 58.5. The number of hydrogen-bond acceptors (Lipinski definition) is 29. The number of rotatable bonds is 71. The maximum Gasteiger partial charge on any atom is 0.242 e. The summed E-state index contributed by atoms with van der Waals surface area (Å²) in [5.74, 6) is -4.56. The van der Waals surface area contributed by atoms with Crippen LogP contribution in [0.4, 0.5) is 0 Å². The zero-order chi connectivity index (χ0) is 91.2. The summed E-state index contributed by atoms with van der Waals surface area (Å²) in [6.45, 7) is 6.92. The van der Waals surface area contributed by atoms with Crippen LogP contribution in [0, 0.1) is 0 Å². The molecule has 14 N–H and O–H groups in total. The number of carbonyl (C=O) groups is 14. The van der Waals surface area contributed by atoms with Gasteiger partial charge in [-0.1, -0.05) is 13.0 Å². The smallest absolute Gasteiger partial charge is 0.242 e. The van der Waals surface area contributed by atoms with E-state index >= 15 is 0 Å². The molecule has 42 heteroatoms. The van der Waals surface area contributed by atoms with Gasteiger partial charge in [-0.3, -0.25) is 72.0 Å². The topological polar surface area (TPSA) is 517 Å². The van der Waals surface area contributed by atoms with Crippen LogP contribution in [-0.2, 0) is 100 Å². The number of fused-ring (bicyclic) bond motifs is 1. The van der Waals surface area contributed by atoms with Crippen LogP contribution in [0.1, 0.15) is 110 Å². The molecule has 0 bridgehead atoms. The zero-order valence-corrected chi connectivity index (χ0v) is 75.5. The number of carbonyl (C=O) groups excluding carboxylic acids is 14. The number of primary amides is 1. The third kappa shape index (κ3) is 48.9. The molecular weight excluding hydrogens is 1610 g/mol. The Morgan fingerprint density at radius 2 is 0.730 bits per heavy atom. The molecule has 1 unspecified atom stereocenters. The summed E-state index contributed by atoms with van der Waals surface area (Å²) in [4.78, 5) is 201. The zero-order valence-electron chi connectivity index (χ0n) is 74.7. The predicted molar refractivity (Wildman–Crippen MR) is 462 cm³/mol. The number of Topliss-reactive ketones (excluding diaryl/α,β-unsaturated/α-hetero) is 1. The Balaban J connectivity index is 0.00000148. The third-order valence-corrected chi connectivity index (χ3v) is 21.6. The number of amides is 13. The lowest BCUT2D eigenvalue weighted by Crippen LogP contribution is -2.53. The number of likely N-dealkylation sites (N-methyl/N-ethyl adjacent to an activating group) is 1. The number of unbranched alkanes of at least 4 members (excludes halogenated alkanes) is 6. The number of hydrogen-bond donors (Lipinski definition) is 9. The molecule has 41 nitrogen and oxygen atoms in total. The minimum Gasteiger partial charge on any atom is -0.383 e. The highest BCUT2D eigenvalue weighted by molar-refractivity contribution is 8.00. The van der Waals surface area contributed by atoms with Gasteiger partial charge >= 0.3 is 0 Å². The Labute approximate surface area is 726 Å². The van der Waals surface area contributed by atoms with Crippen LogP contribution in [0.3, 0.4) is 0 Å². The molecule has 0 aromatic heterocycles. The Morgan fingerprint density at radius 3 is 1.07 bits per heavy atom. The monoisotopic (exact) mass is 1760 g/mol. The number of nitrogens with one attached hydrogen (secondary N) is 4. The number of ketones is 1. The van der Waals surface area contributed by atoms with Gasteiger partial charge in [-0.25, -0.2) is 0 Å². The van der Waals surface area contributed by atoms with Crippen molar-refractivity contribution >= 4 is 94.3 Å². The van der Waals surface area contributed by atoms with E-state index < -0.39 is 104 Å². The molecule has 2 saturated heterocycles. The van der Waals surface area contributed by atoms with Gasteiger partial charge < -0.3 is 132 Å². The molecule has 2 aliphatic heterocycles. The van der Waals surface area contributed by atoms with Crippen molar-refractivity contribution in [2.45, 2.75) is 134 Å². The van der Waals surface area contributed by atoms with E-state index in [0.717, 1.165) is 30.8 Å². The van der Waals surface area contributed by atoms with E-state index in [1.165, 1.54) is 106 Å². The van der Waals surface area contributed by atoms with Gasteiger partial charge in [-0.05, 0) is 124 Å². The molecule has 0 aliphatic carbocycles. The van der Waals surface area contributed by atoms with E-state index in [0.29, 0.717) is 140 Å². The van der Waals surface area contributed by atoms with Gasteiger partial charge in [0.15, 0.2) is 0 Å². The maximum atomic E-state index is 14.4. The second kappa shape index (κ2) is 68.3. The Hall–Kier alpha value is -8.01. The van der Waals surface area contributed by atoms with Crippen LogP contribution < -0.4 is 49.9 Å². The van der Waals surface area contributed by atoms with Gasteiger partial charge in [0.1, 0.15) is 11.8 Å². The SMILES string of the molecule is C=C1N[C@H]2CSC(CCCCC(=O)NCCCC[C@H](NC(=O)CN(CCOC)C(=O)CN(C)CCOC)C(N)=O)[C@H]2N1.COCCN(CC(=O)N(CCCCN)CC(=O)N(CCOC)CC(=O)N(CCCCN)CC(=O)N(CCOC)CC(=O)N(CCOC)CC(=O)N(CCCCN)CC(=O)N(CCOC)CC(=O)N(CCCCN)CC(C)=O)C(C)=O. The van der Waals surface area contributed by atoms with E-state index in [2.05, 4.69) is 27.8 Å². The maximum absolute atomic E-state index is 14.4. The van der Waals surface area contributed by atoms with Gasteiger partial charge in [-0.15, -0.1) is 0 Å². The first-order valence-electron chi connectivity index (χ1n) is 42.3. The Kier molecular flexibility index (Phi) is 62.7. The van der Waals surface area contributed by atoms with Crippen molar-refractivity contribution in [3.8, 4) is 0 Å². The number of methoxy groups -OCH3 is 7. The molecule has 0 aromatic rings. The van der Waals surface area contributed by atoms with Gasteiger partial charge in [0, 0.05) is 153 Å². The first-order valence-corrected chi connectivity index (χ1v) is 43.4. The second-order valence-corrected chi connectivity index (χ2v) is 31.3. The molecule has 702 valence electrons. The minimum atomic E-state index is -0.855. The molecule has 13 amide bonds. The van der Waals surface area contributed by atoms with Crippen molar-refractivity contribution in [1.82, 2.24) is 75.2 Å². The van der Waals surface area contributed by atoms with Gasteiger partial charge in [-0.2, -0.15) is 11.8 Å². The minimum absolute atomic E-state index is 0.00132. The van der Waals surface area contributed by atoms with E-state index in [1.807, 2.05) is 16.7 Å². The largest absolute Gasteiger partial charge is 0.383 e. The fourth-order valence-corrected chi connectivity index (χ4v) is 14.4. The molecule has 122 heavy (non-hydrogen) atoms. The number of nitrogens with two attached hydrogens (primary N) is 5. The van der Waals surface area contributed by atoms with Crippen molar-refractivity contribution < 1.29 is 100 Å². The van der Waals surface area contributed by atoms with Crippen molar-refractivity contribution in [2.24, 2.45) is 28.7 Å². The van der Waals surface area contributed by atoms with Gasteiger partial charge in [0.2, 0.25) is 76.8 Å². The van der Waals surface area contributed by atoms with Crippen LogP contribution in [0.25, 0.3) is 0 Å². The van der Waals surface area contributed by atoms with Crippen LogP contribution in [-0.4, -0.2) is 445 Å². The average molecular weight is 1760 g/mol. The molecule has 2 fully saturated rings. The lowest BCUT2D eigenvalue weighted by atomic mass is 10.0. The molecule has 2 heterocycles. The summed E-state index contributed by atoms with van der Waals surface area (Å²) in [6.07, 6.45) is 9.02. The molecule has 0 radical (unpaired) electrons. The van der Waals surface area contributed by atoms with E-state index in [4.69, 9.17) is 61.8 Å². The van der Waals surface area contributed by atoms with Crippen LogP contribution >= 0.6 is 11.8 Å². The normalized spacial score (nSPS) is 14.1. The Morgan fingerprint density at radius 1 is 0.402 bits per heavy atom. The summed E-state index contributed by atoms with van der Waals surface area (Å²) >= 11 is 1.98. The standard InChI is InChI=1S/C52H99N13O15.C28H51N7O6S/c1-43(66)34-58(20-12-8-16-53)46(69)39-62(25-30-77-4)50(73)37-60(22-14-10-18-55)48(71)41-64(27-32-79-6)52(75)42-65(28-33-80-7)51(74)38-61(23-15-11-19-56)47(70)40-63(26-31-78-5)49(72)36-59(21-13-9-17-54)45(68)35-57(44(2)67)24-29-76-3;1-20-31-22-19-42-23(27(22)32-20)10-5-6-11-24(36)30-12-8-7-9-21(28(29)39)33-25(37)17-35(14-16-41-4)26(38)18-34(2)13-15-40-3/h8-42,53-56H2,1-7H3;21-23,27,31-32H,1,5-19H2,2-4H3,(H2,29,39)(H,30,36)(H,33,37)/t;21-,22-,23?,27-/m.0/s1. The van der Waals surface area contributed by atoms with E-state index in [9.17, 15) is 67.1 Å². The van der Waals surface area contributed by atoms with Crippen LogP contribution in [0.2, 0.25) is 0 Å². The van der Waals surface area contributed by atoms with E-state index in [-0.39, 0.29) is 161 Å². The molecule has 2 rings (SSSR count). The van der Waals surface area contributed by atoms with Crippen molar-refractivity contribution in [3.05, 3.63) is 12.4 Å². The average Bonchev–Trinajstić information content (AvgIpc) is 1.66. The number of thioether (sulfide) groups is 1. The Bertz CT molecular complexity index is 3100. The van der Waals surface area contributed by atoms with E-state index in [1.54, 1.807) is 14.2 Å². The van der Waals surface area contributed by atoms with Gasteiger partial charge in [0.05, 0.1) is 136 Å². The highest BCUT2D eigenvalue weighted by Crippen LogP contribution is 2.34. The summed E-state index contributed by atoms with van der Waals surface area (Å²) in [5.41, 5.74) is 28.5. The quantitative estimate of drug-likeness (QED) is 0.0260. The number of nitrogens with zero attached hydrogens (tertiary/aromatic N) is 11. The molecule has 0 aromatic carbocycles. The lowest BCUT2D eigenvalue weighted by molar-refractivity contribution is -0.149. The van der Waals surface area contributed by atoms with Gasteiger partial charge in [0.25, 0.3) is 0 Å². The summed E-state index contributed by atoms with van der Waals surface area (Å²) in [5, 5.41) is 12.9. The van der Waals surface area contributed by atoms with Crippen LogP contribution in [0.15, 0.2) is 12.4 Å². The highest BCUT2D eigenvalue weighted by Gasteiger charge is 2.41. The summed E-state index contributed by atoms with van der Waals surface area (Å²) in [6, 6.07) is 0.0362. The molecular formula is C80H150N20O21S. The first kappa shape index (κ1) is 112. The van der Waals surface area contributed by atoms with Crippen LogP contribution in [0.5, 0.6) is 0 Å². The number of ether oxygens (including phenoxy) is 7. The fraction of sp³-hybridized carbons (Fsp3) is 0.800. The second-order valence-electron chi connectivity index (χ2n) is 30.0. The molecule has 2 aliphatic rings. The van der Waals surface area contributed by atoms with Crippen molar-refractivity contribution in [3.63, 3.8) is 0 Å². The third-order valence-electron chi connectivity index (χ3n) is 20.1. The predicted octanol–water partition coefficient (Wildman–Crippen LogP) is -4.39. The summed E-state index contributed by atoms with van der Waals surface area (Å²) in [7, 11) is 12.1. The van der Waals surface area contributed by atoms with Crippen molar-refractivity contribution in [1.29, 1.82) is 0 Å². The lowest BCUT2D eigenvalue weighted by Gasteiger charge is -2.33. The molecule has 0 saturated carbocycles. The highest BCUT2D eigenvalue weighted by atomic mass is 32.2. The van der Waals surface area contributed by atoms with Crippen molar-refractivity contribution in [2.75, 3.05) is 286 Å². The fourth-order valence-electron chi connectivity index (χ4n) is 12.9. The molecule has 4 atom stereocenters. The summed E-state index contributed by atoms with van der Waals surface area (Å²) < 4.78 is 36.3.